The Hall–Kier alpha value is -3.37. The van der Waals surface area contributed by atoms with Crippen molar-refractivity contribution in [2.24, 2.45) is 0 Å². The van der Waals surface area contributed by atoms with Gasteiger partial charge in [-0.3, -0.25) is 9.89 Å². The van der Waals surface area contributed by atoms with E-state index in [-0.39, 0.29) is 28.2 Å². The van der Waals surface area contributed by atoms with Gasteiger partial charge in [0.05, 0.1) is 28.2 Å². The van der Waals surface area contributed by atoms with Crippen LogP contribution in [0.15, 0.2) is 35.3 Å². The molecule has 10 nitrogen and oxygen atoms in total. The van der Waals surface area contributed by atoms with Crippen molar-refractivity contribution < 1.29 is 0 Å². The summed E-state index contributed by atoms with van der Waals surface area (Å²) < 4.78 is 1.39. The summed E-state index contributed by atoms with van der Waals surface area (Å²) in [5.74, 6) is 1.03. The smallest absolute Gasteiger partial charge is 0.268 e. The summed E-state index contributed by atoms with van der Waals surface area (Å²) >= 11 is 12.4. The Morgan fingerprint density at radius 2 is 1.97 bits per heavy atom. The Labute approximate surface area is 173 Å². The Morgan fingerprint density at radius 1 is 1.17 bits per heavy atom. The van der Waals surface area contributed by atoms with Gasteiger partial charge in [-0.2, -0.15) is 15.1 Å². The molecule has 0 saturated heterocycles. The van der Waals surface area contributed by atoms with Gasteiger partial charge in [0.25, 0.3) is 5.56 Å². The molecule has 12 heteroatoms. The van der Waals surface area contributed by atoms with Gasteiger partial charge < -0.3 is 16.8 Å². The lowest BCUT2D eigenvalue weighted by Gasteiger charge is -2.20. The van der Waals surface area contributed by atoms with Gasteiger partial charge in [0.15, 0.2) is 5.82 Å². The first-order valence-corrected chi connectivity index (χ1v) is 9.18. The molecule has 4 rings (SSSR count). The minimum absolute atomic E-state index is 0.0363. The number of nitrogens with one attached hydrogen (secondary N) is 2. The second-order valence-corrected chi connectivity index (χ2v) is 6.97. The number of H-pyrrole nitrogens is 1. The van der Waals surface area contributed by atoms with E-state index in [1.807, 2.05) is 0 Å². The number of hydrogen-bond donors (Lipinski definition) is 4. The number of nitrogens with zero attached hydrogens (tertiary/aromatic N) is 5. The van der Waals surface area contributed by atoms with E-state index in [1.54, 1.807) is 31.2 Å². The average molecular weight is 432 g/mol. The molecule has 6 N–H and O–H groups in total. The number of aromatic nitrogens is 6. The van der Waals surface area contributed by atoms with Crippen LogP contribution in [-0.4, -0.2) is 29.7 Å². The highest BCUT2D eigenvalue weighted by molar-refractivity contribution is 6.35. The van der Waals surface area contributed by atoms with Gasteiger partial charge in [-0.05, 0) is 19.1 Å². The number of rotatable bonds is 4. The lowest BCUT2D eigenvalue weighted by atomic mass is 10.2. The minimum Gasteiger partial charge on any atom is -0.382 e. The fraction of sp³-hybridized carbons (Fsp3) is 0.118. The van der Waals surface area contributed by atoms with E-state index >= 15 is 0 Å². The molecular formula is C17H15Cl2N9O. The van der Waals surface area contributed by atoms with Crippen molar-refractivity contribution in [3.05, 3.63) is 56.7 Å². The first-order chi connectivity index (χ1) is 13.9. The molecule has 0 saturated carbocycles. The van der Waals surface area contributed by atoms with Gasteiger partial charge in [0.1, 0.15) is 22.5 Å². The lowest BCUT2D eigenvalue weighted by Crippen LogP contribution is -2.28. The zero-order chi connectivity index (χ0) is 20.7. The summed E-state index contributed by atoms with van der Waals surface area (Å²) in [6.07, 6.45) is 1.53. The number of fused-ring (bicyclic) bond motifs is 1. The zero-order valence-electron chi connectivity index (χ0n) is 15.0. The highest BCUT2D eigenvalue weighted by Gasteiger charge is 2.21. The largest absolute Gasteiger partial charge is 0.382 e. The van der Waals surface area contributed by atoms with Crippen molar-refractivity contribution in [2.75, 3.05) is 16.8 Å². The highest BCUT2D eigenvalue weighted by atomic mass is 35.5. The van der Waals surface area contributed by atoms with Crippen LogP contribution >= 0.6 is 23.2 Å². The van der Waals surface area contributed by atoms with Crippen LogP contribution in [0.2, 0.25) is 10.0 Å². The number of anilines is 3. The van der Waals surface area contributed by atoms with Crippen molar-refractivity contribution in [1.29, 1.82) is 0 Å². The summed E-state index contributed by atoms with van der Waals surface area (Å²) in [5, 5.41) is 10.5. The number of benzene rings is 1. The summed E-state index contributed by atoms with van der Waals surface area (Å²) in [6, 6.07) is 6.19. The molecule has 0 unspecified atom stereocenters. The van der Waals surface area contributed by atoms with Crippen LogP contribution in [-0.2, 0) is 0 Å². The molecule has 0 spiro atoms. The molecule has 0 radical (unpaired) electrons. The van der Waals surface area contributed by atoms with Crippen LogP contribution in [0.5, 0.6) is 0 Å². The molecule has 0 amide bonds. The zero-order valence-corrected chi connectivity index (χ0v) is 16.5. The Kier molecular flexibility index (Phi) is 4.73. The lowest BCUT2D eigenvalue weighted by molar-refractivity contribution is 0.720. The number of nitrogen functional groups attached to an aromatic ring is 2. The molecule has 4 aromatic rings. The maximum Gasteiger partial charge on any atom is 0.268 e. The second-order valence-electron chi connectivity index (χ2n) is 6.18. The average Bonchev–Trinajstić information content (AvgIpc) is 3.19. The van der Waals surface area contributed by atoms with Crippen molar-refractivity contribution in [1.82, 2.24) is 29.7 Å². The molecule has 1 aromatic carbocycles. The van der Waals surface area contributed by atoms with E-state index in [0.29, 0.717) is 27.6 Å². The summed E-state index contributed by atoms with van der Waals surface area (Å²) in [6.45, 7) is 1.79. The van der Waals surface area contributed by atoms with E-state index in [1.165, 1.54) is 10.8 Å². The molecule has 0 aliphatic heterocycles. The predicted molar refractivity (Wildman–Crippen MR) is 112 cm³/mol. The predicted octanol–water partition coefficient (Wildman–Crippen LogP) is 2.54. The van der Waals surface area contributed by atoms with E-state index in [2.05, 4.69) is 30.5 Å². The van der Waals surface area contributed by atoms with E-state index in [4.69, 9.17) is 34.7 Å². The first kappa shape index (κ1) is 19.0. The van der Waals surface area contributed by atoms with Gasteiger partial charge in [0.2, 0.25) is 5.95 Å². The standard InChI is InChI=1S/C17H15Cl2N9O/c1-7(23-14-12(19)13(20)25-17(21)26-14)15-24-9-4-2-3-8(18)11(9)16(29)28(15)10-5-6-22-27-10/h2-7H,1H3,(H,22,27)(H5,20,21,23,25,26)/t7-/m0/s1. The van der Waals surface area contributed by atoms with Gasteiger partial charge in [-0.15, -0.1) is 0 Å². The molecule has 3 heterocycles. The van der Waals surface area contributed by atoms with E-state index in [0.717, 1.165) is 0 Å². The SMILES string of the molecule is C[C@H](Nc1nc(N)nc(N)c1Cl)c1nc2cccc(Cl)c2c(=O)n1-c1ccn[nH]1. The van der Waals surface area contributed by atoms with E-state index in [9.17, 15) is 4.79 Å². The van der Waals surface area contributed by atoms with Crippen LogP contribution in [0, 0.1) is 0 Å². The maximum atomic E-state index is 13.3. The van der Waals surface area contributed by atoms with Crippen molar-refractivity contribution >= 4 is 51.7 Å². The normalized spacial score (nSPS) is 12.2. The van der Waals surface area contributed by atoms with Crippen LogP contribution < -0.4 is 22.3 Å². The fourth-order valence-electron chi connectivity index (χ4n) is 2.95. The third kappa shape index (κ3) is 3.32. The number of hydrogen-bond acceptors (Lipinski definition) is 8. The Bertz CT molecular complexity index is 1270. The van der Waals surface area contributed by atoms with Gasteiger partial charge in [0, 0.05) is 6.07 Å². The summed E-state index contributed by atoms with van der Waals surface area (Å²) in [7, 11) is 0. The molecular weight excluding hydrogens is 417 g/mol. The molecule has 0 aliphatic carbocycles. The van der Waals surface area contributed by atoms with Gasteiger partial charge in [-0.1, -0.05) is 29.3 Å². The number of aromatic amines is 1. The maximum absolute atomic E-state index is 13.3. The summed E-state index contributed by atoms with van der Waals surface area (Å²) in [4.78, 5) is 25.8. The summed E-state index contributed by atoms with van der Waals surface area (Å²) in [5.41, 5.74) is 11.5. The molecule has 29 heavy (non-hydrogen) atoms. The Morgan fingerprint density at radius 3 is 2.69 bits per heavy atom. The van der Waals surface area contributed by atoms with E-state index < -0.39 is 6.04 Å². The third-order valence-electron chi connectivity index (χ3n) is 4.23. The first-order valence-electron chi connectivity index (χ1n) is 8.42. The van der Waals surface area contributed by atoms with Crippen molar-refractivity contribution in [3.63, 3.8) is 0 Å². The molecule has 3 aromatic heterocycles. The topological polar surface area (TPSA) is 153 Å². The quantitative estimate of drug-likeness (QED) is 0.384. The van der Waals surface area contributed by atoms with Crippen LogP contribution in [0.3, 0.4) is 0 Å². The van der Waals surface area contributed by atoms with Crippen molar-refractivity contribution in [3.8, 4) is 5.82 Å². The monoisotopic (exact) mass is 431 g/mol. The Balaban J connectivity index is 1.91. The molecule has 0 aliphatic rings. The number of nitrogens with two attached hydrogens (primary N) is 2. The number of halogens is 2. The highest BCUT2D eigenvalue weighted by Crippen LogP contribution is 2.29. The van der Waals surface area contributed by atoms with Gasteiger partial charge in [-0.25, -0.2) is 9.55 Å². The molecule has 148 valence electrons. The van der Waals surface area contributed by atoms with Crippen LogP contribution in [0.1, 0.15) is 18.8 Å². The molecule has 0 bridgehead atoms. The van der Waals surface area contributed by atoms with Gasteiger partial charge >= 0.3 is 0 Å². The van der Waals surface area contributed by atoms with Crippen LogP contribution in [0.25, 0.3) is 16.7 Å². The second kappa shape index (κ2) is 7.22. The fourth-order valence-corrected chi connectivity index (χ4v) is 3.34. The minimum atomic E-state index is -0.527. The molecule has 1 atom stereocenters. The molecule has 0 fully saturated rings. The third-order valence-corrected chi connectivity index (χ3v) is 4.92. The van der Waals surface area contributed by atoms with Crippen molar-refractivity contribution in [2.45, 2.75) is 13.0 Å². The van der Waals surface area contributed by atoms with Crippen LogP contribution in [0.4, 0.5) is 17.6 Å².